The number of likely N-dealkylation sites (N-methyl/N-ethyl adjacent to an activating group) is 1. The molecule has 20 heavy (non-hydrogen) atoms. The van der Waals surface area contributed by atoms with Gasteiger partial charge in [-0.05, 0) is 38.1 Å². The Morgan fingerprint density at radius 2 is 2.10 bits per heavy atom. The van der Waals surface area contributed by atoms with Crippen molar-refractivity contribution in [2.24, 2.45) is 0 Å². The van der Waals surface area contributed by atoms with Crippen LogP contribution in [0.5, 0.6) is 0 Å². The molecule has 1 N–H and O–H groups in total. The van der Waals surface area contributed by atoms with Gasteiger partial charge < -0.3 is 15.1 Å². The number of halogens is 1. The van der Waals surface area contributed by atoms with Crippen molar-refractivity contribution in [1.82, 2.24) is 10.2 Å². The molecule has 1 aliphatic rings. The lowest BCUT2D eigenvalue weighted by Crippen LogP contribution is -2.34. The second kappa shape index (κ2) is 6.59. The molecule has 0 bridgehead atoms. The number of nitrogens with one attached hydrogen (secondary N) is 1. The van der Waals surface area contributed by atoms with Crippen LogP contribution in [0.15, 0.2) is 22.7 Å². The predicted octanol–water partition coefficient (Wildman–Crippen LogP) is 2.40. The first-order valence-electron chi connectivity index (χ1n) is 6.98. The molecule has 1 aliphatic heterocycles. The number of amides is 1. The van der Waals surface area contributed by atoms with E-state index in [-0.39, 0.29) is 5.91 Å². The van der Waals surface area contributed by atoms with E-state index in [0.29, 0.717) is 12.6 Å². The molecule has 0 radical (unpaired) electrons. The maximum absolute atomic E-state index is 12.0. The molecular weight excluding hydrogens is 318 g/mol. The Morgan fingerprint density at radius 1 is 1.35 bits per heavy atom. The summed E-state index contributed by atoms with van der Waals surface area (Å²) in [7, 11) is 3.83. The van der Waals surface area contributed by atoms with Crippen LogP contribution in [0.1, 0.15) is 24.9 Å². The number of carbonyl (C=O) groups excluding carboxylic acids is 1. The lowest BCUT2D eigenvalue weighted by atomic mass is 10.1. The Kier molecular flexibility index (Phi) is 5.05. The zero-order chi connectivity index (χ0) is 14.7. The Hall–Kier alpha value is -1.07. The molecule has 2 rings (SSSR count). The predicted molar refractivity (Wildman–Crippen MR) is 86.1 cm³/mol. The molecular formula is C15H22BrN3O. The van der Waals surface area contributed by atoms with Crippen molar-refractivity contribution in [3.05, 3.63) is 28.2 Å². The summed E-state index contributed by atoms with van der Waals surface area (Å²) in [5.41, 5.74) is 2.34. The highest BCUT2D eigenvalue weighted by molar-refractivity contribution is 9.10. The topological polar surface area (TPSA) is 35.6 Å². The van der Waals surface area contributed by atoms with E-state index in [2.05, 4.69) is 51.3 Å². The largest absolute Gasteiger partial charge is 0.362 e. The van der Waals surface area contributed by atoms with Gasteiger partial charge in [0, 0.05) is 36.3 Å². The summed E-state index contributed by atoms with van der Waals surface area (Å²) in [6.45, 7) is 4.35. The van der Waals surface area contributed by atoms with E-state index in [4.69, 9.17) is 0 Å². The SMILES string of the molecule is CNC(C)c1ccc(N2CCCN(C)C(=O)C2)cc1Br. The molecule has 1 amide bonds. The quantitative estimate of drug-likeness (QED) is 0.918. The summed E-state index contributed by atoms with van der Waals surface area (Å²) in [4.78, 5) is 15.9. The first-order valence-corrected chi connectivity index (χ1v) is 7.78. The normalized spacial score (nSPS) is 18.1. The Bertz CT molecular complexity index is 492. The van der Waals surface area contributed by atoms with Crippen LogP contribution < -0.4 is 10.2 Å². The van der Waals surface area contributed by atoms with Crippen LogP contribution in [0.25, 0.3) is 0 Å². The molecule has 5 heteroatoms. The average Bonchev–Trinajstić information content (AvgIpc) is 2.60. The van der Waals surface area contributed by atoms with Gasteiger partial charge in [0.25, 0.3) is 0 Å². The highest BCUT2D eigenvalue weighted by Gasteiger charge is 2.20. The van der Waals surface area contributed by atoms with Crippen molar-refractivity contribution in [2.75, 3.05) is 38.6 Å². The lowest BCUT2D eigenvalue weighted by molar-refractivity contribution is -0.127. The summed E-state index contributed by atoms with van der Waals surface area (Å²) in [6, 6.07) is 6.64. The number of benzene rings is 1. The molecule has 1 saturated heterocycles. The fourth-order valence-electron chi connectivity index (χ4n) is 2.43. The highest BCUT2D eigenvalue weighted by atomic mass is 79.9. The molecule has 0 saturated carbocycles. The van der Waals surface area contributed by atoms with Gasteiger partial charge in [-0.2, -0.15) is 0 Å². The van der Waals surface area contributed by atoms with Gasteiger partial charge in [-0.15, -0.1) is 0 Å². The third kappa shape index (κ3) is 3.33. The van der Waals surface area contributed by atoms with Crippen LogP contribution in [-0.2, 0) is 4.79 Å². The highest BCUT2D eigenvalue weighted by Crippen LogP contribution is 2.28. The maximum Gasteiger partial charge on any atom is 0.241 e. The standard InChI is InChI=1S/C15H22BrN3O/c1-11(17-2)13-6-5-12(9-14(13)16)19-8-4-7-18(3)15(20)10-19/h5-6,9,11,17H,4,7-8,10H2,1-3H3. The number of hydrogen-bond donors (Lipinski definition) is 1. The van der Waals surface area contributed by atoms with Crippen molar-refractivity contribution < 1.29 is 4.79 Å². The van der Waals surface area contributed by atoms with Gasteiger partial charge in [-0.25, -0.2) is 0 Å². The number of anilines is 1. The molecule has 110 valence electrons. The van der Waals surface area contributed by atoms with Crippen LogP contribution in [0.4, 0.5) is 5.69 Å². The third-order valence-corrected chi connectivity index (χ3v) is 4.61. The number of rotatable bonds is 3. The lowest BCUT2D eigenvalue weighted by Gasteiger charge is -2.23. The van der Waals surface area contributed by atoms with Crippen LogP contribution in [0.2, 0.25) is 0 Å². The van der Waals surface area contributed by atoms with Gasteiger partial charge in [-0.1, -0.05) is 22.0 Å². The van der Waals surface area contributed by atoms with Crippen molar-refractivity contribution in [1.29, 1.82) is 0 Å². The number of carbonyl (C=O) groups is 1. The van der Waals surface area contributed by atoms with Crippen LogP contribution in [0, 0.1) is 0 Å². The second-order valence-electron chi connectivity index (χ2n) is 5.31. The van der Waals surface area contributed by atoms with Crippen molar-refractivity contribution in [3.8, 4) is 0 Å². The molecule has 1 unspecified atom stereocenters. The van der Waals surface area contributed by atoms with E-state index in [1.54, 1.807) is 0 Å². The minimum Gasteiger partial charge on any atom is -0.362 e. The van der Waals surface area contributed by atoms with Crippen molar-refractivity contribution >= 4 is 27.5 Å². The molecule has 0 aromatic heterocycles. The summed E-state index contributed by atoms with van der Waals surface area (Å²) in [5.74, 6) is 0.186. The number of nitrogens with zero attached hydrogens (tertiary/aromatic N) is 2. The maximum atomic E-state index is 12.0. The van der Waals surface area contributed by atoms with Gasteiger partial charge in [0.2, 0.25) is 5.91 Å². The van der Waals surface area contributed by atoms with Crippen LogP contribution in [0.3, 0.4) is 0 Å². The van der Waals surface area contributed by atoms with E-state index in [9.17, 15) is 4.79 Å². The fraction of sp³-hybridized carbons (Fsp3) is 0.533. The van der Waals surface area contributed by atoms with Gasteiger partial charge in [-0.3, -0.25) is 4.79 Å². The third-order valence-electron chi connectivity index (χ3n) is 3.92. The summed E-state index contributed by atoms with van der Waals surface area (Å²) < 4.78 is 1.09. The van der Waals surface area contributed by atoms with E-state index >= 15 is 0 Å². The molecule has 0 aliphatic carbocycles. The smallest absolute Gasteiger partial charge is 0.241 e. The zero-order valence-electron chi connectivity index (χ0n) is 12.3. The van der Waals surface area contributed by atoms with Gasteiger partial charge in [0.15, 0.2) is 0 Å². The number of hydrogen-bond acceptors (Lipinski definition) is 3. The minimum absolute atomic E-state index is 0.186. The molecule has 1 aromatic rings. The van der Waals surface area contributed by atoms with E-state index in [1.807, 2.05) is 19.0 Å². The molecule has 1 atom stereocenters. The van der Waals surface area contributed by atoms with E-state index < -0.39 is 0 Å². The Labute approximate surface area is 129 Å². The minimum atomic E-state index is 0.186. The average molecular weight is 340 g/mol. The molecule has 4 nitrogen and oxygen atoms in total. The summed E-state index contributed by atoms with van der Waals surface area (Å²) in [6.07, 6.45) is 1.01. The monoisotopic (exact) mass is 339 g/mol. The van der Waals surface area contributed by atoms with Crippen LogP contribution in [-0.4, -0.2) is 44.5 Å². The van der Waals surface area contributed by atoms with Gasteiger partial charge >= 0.3 is 0 Å². The summed E-state index contributed by atoms with van der Waals surface area (Å²) in [5, 5.41) is 3.24. The van der Waals surface area contributed by atoms with E-state index in [0.717, 1.165) is 29.7 Å². The Balaban J connectivity index is 2.20. The van der Waals surface area contributed by atoms with E-state index in [1.165, 1.54) is 5.56 Å². The van der Waals surface area contributed by atoms with Crippen molar-refractivity contribution in [3.63, 3.8) is 0 Å². The molecule has 1 aromatic carbocycles. The second-order valence-corrected chi connectivity index (χ2v) is 6.16. The molecule has 1 fully saturated rings. The first-order chi connectivity index (χ1) is 9.52. The fourth-order valence-corrected chi connectivity index (χ4v) is 3.14. The Morgan fingerprint density at radius 3 is 2.75 bits per heavy atom. The van der Waals surface area contributed by atoms with Crippen molar-refractivity contribution in [2.45, 2.75) is 19.4 Å². The van der Waals surface area contributed by atoms with Gasteiger partial charge in [0.1, 0.15) is 0 Å². The summed E-state index contributed by atoms with van der Waals surface area (Å²) >= 11 is 3.64. The molecule has 1 heterocycles. The first kappa shape index (κ1) is 15.3. The zero-order valence-corrected chi connectivity index (χ0v) is 13.9. The van der Waals surface area contributed by atoms with Crippen LogP contribution >= 0.6 is 15.9 Å². The molecule has 0 spiro atoms. The van der Waals surface area contributed by atoms with Gasteiger partial charge in [0.05, 0.1) is 6.54 Å².